The van der Waals surface area contributed by atoms with E-state index in [1.54, 1.807) is 11.1 Å². The van der Waals surface area contributed by atoms with Gasteiger partial charge in [0.25, 0.3) is 0 Å². The van der Waals surface area contributed by atoms with Gasteiger partial charge in [0, 0.05) is 5.16 Å². The van der Waals surface area contributed by atoms with Gasteiger partial charge >= 0.3 is 0 Å². The molecule has 28 heavy (non-hydrogen) atoms. The van der Waals surface area contributed by atoms with Gasteiger partial charge in [-0.05, 0) is 74.0 Å². The van der Waals surface area contributed by atoms with Crippen LogP contribution in [0.5, 0.6) is 0 Å². The van der Waals surface area contributed by atoms with Crippen LogP contribution in [-0.4, -0.2) is 16.5 Å². The zero-order valence-corrected chi connectivity index (χ0v) is 19.2. The summed E-state index contributed by atoms with van der Waals surface area (Å²) in [6.07, 6.45) is 18.6. The average molecular weight is 395 g/mol. The van der Waals surface area contributed by atoms with E-state index in [4.69, 9.17) is 0 Å². The molecule has 2 fully saturated rings. The standard InChI is InChI=1S/C27H39P/c1-21-19-22(2)26(23-13-7-4-8-14-23)27(3,20-21)28(24-15-9-5-10-16-24)25-17-11-6-12-18-25/h4,7-8,13-14,19,24-25H,5-6,9-12,15-18,20H2,1-3H3. The number of hydrogen-bond donors (Lipinski definition) is 0. The third-order valence-electron chi connectivity index (χ3n) is 7.59. The molecule has 0 nitrogen and oxygen atoms in total. The first-order valence-corrected chi connectivity index (χ1v) is 13.3. The molecule has 0 N–H and O–H groups in total. The molecule has 152 valence electrons. The Labute approximate surface area is 174 Å². The topological polar surface area (TPSA) is 0 Å². The van der Waals surface area contributed by atoms with Gasteiger partial charge in [0.2, 0.25) is 0 Å². The van der Waals surface area contributed by atoms with E-state index in [-0.39, 0.29) is 7.92 Å². The zero-order chi connectivity index (χ0) is 19.6. The van der Waals surface area contributed by atoms with Crippen LogP contribution in [0.25, 0.3) is 5.57 Å². The fourth-order valence-corrected chi connectivity index (χ4v) is 11.8. The van der Waals surface area contributed by atoms with Crippen molar-refractivity contribution in [2.45, 2.75) is 108 Å². The molecular formula is C27H39P. The first-order valence-electron chi connectivity index (χ1n) is 11.8. The lowest BCUT2D eigenvalue weighted by atomic mass is 9.80. The minimum absolute atomic E-state index is 0.0121. The molecule has 0 aromatic heterocycles. The maximum absolute atomic E-state index is 2.68. The van der Waals surface area contributed by atoms with Crippen molar-refractivity contribution < 1.29 is 0 Å². The SMILES string of the molecule is CC1=CC(C)=C(c2ccccc2)C(C)(P(C2CCCCC2)C2CCCCC2)C1. The molecule has 0 aliphatic heterocycles. The summed E-state index contributed by atoms with van der Waals surface area (Å²) in [5, 5.41) is 0.351. The molecule has 1 unspecified atom stereocenters. The van der Waals surface area contributed by atoms with E-state index in [2.05, 4.69) is 57.2 Å². The Bertz CT molecular complexity index is 698. The Balaban J connectivity index is 1.80. The summed E-state index contributed by atoms with van der Waals surface area (Å²) >= 11 is 0. The third-order valence-corrected chi connectivity index (χ3v) is 11.7. The molecule has 1 aromatic carbocycles. The van der Waals surface area contributed by atoms with Crippen LogP contribution >= 0.6 is 7.92 Å². The van der Waals surface area contributed by atoms with Gasteiger partial charge in [0.1, 0.15) is 0 Å². The Morgan fingerprint density at radius 3 is 1.86 bits per heavy atom. The highest BCUT2D eigenvalue weighted by molar-refractivity contribution is 7.61. The molecule has 3 aliphatic carbocycles. The molecule has 0 bridgehead atoms. The van der Waals surface area contributed by atoms with Crippen molar-refractivity contribution in [2.75, 3.05) is 0 Å². The van der Waals surface area contributed by atoms with E-state index in [1.807, 2.05) is 0 Å². The van der Waals surface area contributed by atoms with Gasteiger partial charge < -0.3 is 0 Å². The molecule has 4 rings (SSSR count). The fraction of sp³-hybridized carbons (Fsp3) is 0.630. The quantitative estimate of drug-likeness (QED) is 0.448. The molecule has 1 heteroatoms. The predicted molar refractivity (Wildman–Crippen MR) is 126 cm³/mol. The Morgan fingerprint density at radius 1 is 0.786 bits per heavy atom. The van der Waals surface area contributed by atoms with Crippen LogP contribution in [0, 0.1) is 0 Å². The molecule has 0 heterocycles. The highest BCUT2D eigenvalue weighted by Gasteiger charge is 2.47. The van der Waals surface area contributed by atoms with Crippen LogP contribution in [0.2, 0.25) is 0 Å². The van der Waals surface area contributed by atoms with E-state index in [0.29, 0.717) is 5.16 Å². The van der Waals surface area contributed by atoms with E-state index >= 15 is 0 Å². The molecule has 1 aromatic rings. The molecule has 0 amide bonds. The number of allylic oxidation sites excluding steroid dienone is 4. The van der Waals surface area contributed by atoms with Crippen LogP contribution in [0.15, 0.2) is 47.6 Å². The van der Waals surface area contributed by atoms with Crippen molar-refractivity contribution in [1.29, 1.82) is 0 Å². The van der Waals surface area contributed by atoms with Crippen molar-refractivity contribution in [3.05, 3.63) is 53.1 Å². The number of benzene rings is 1. The average Bonchev–Trinajstić information content (AvgIpc) is 2.70. The lowest BCUT2D eigenvalue weighted by Gasteiger charge is -2.52. The third kappa shape index (κ3) is 4.05. The Hall–Kier alpha value is -0.870. The molecule has 1 atom stereocenters. The van der Waals surface area contributed by atoms with Gasteiger partial charge in [-0.15, -0.1) is 0 Å². The summed E-state index contributed by atoms with van der Waals surface area (Å²) in [5.74, 6) is 0. The smallest absolute Gasteiger partial charge is 0.0177 e. The van der Waals surface area contributed by atoms with Crippen LogP contribution < -0.4 is 0 Å². The van der Waals surface area contributed by atoms with Gasteiger partial charge in [-0.3, -0.25) is 0 Å². The minimum atomic E-state index is -0.0121. The van der Waals surface area contributed by atoms with Gasteiger partial charge in [-0.2, -0.15) is 0 Å². The van der Waals surface area contributed by atoms with Crippen LogP contribution in [0.4, 0.5) is 0 Å². The van der Waals surface area contributed by atoms with Crippen LogP contribution in [0.3, 0.4) is 0 Å². The molecule has 3 aliphatic rings. The van der Waals surface area contributed by atoms with Crippen LogP contribution in [-0.2, 0) is 0 Å². The highest BCUT2D eigenvalue weighted by atomic mass is 31.1. The summed E-state index contributed by atoms with van der Waals surface area (Å²) in [7, 11) is -0.0121. The molecule has 0 saturated heterocycles. The predicted octanol–water partition coefficient (Wildman–Crippen LogP) is 8.72. The first-order chi connectivity index (χ1) is 13.6. The second-order valence-electron chi connectivity index (χ2n) is 9.86. The van der Waals surface area contributed by atoms with Gasteiger partial charge in [0.05, 0.1) is 0 Å². The van der Waals surface area contributed by atoms with Gasteiger partial charge in [0.15, 0.2) is 0 Å². The van der Waals surface area contributed by atoms with Crippen molar-refractivity contribution in [2.24, 2.45) is 0 Å². The van der Waals surface area contributed by atoms with Crippen molar-refractivity contribution >= 4 is 13.5 Å². The summed E-state index contributed by atoms with van der Waals surface area (Å²) in [6.45, 7) is 7.46. The summed E-state index contributed by atoms with van der Waals surface area (Å²) in [5.41, 5.74) is 8.32. The summed E-state index contributed by atoms with van der Waals surface area (Å²) in [4.78, 5) is 0. The first kappa shape index (κ1) is 20.4. The second kappa shape index (κ2) is 8.87. The van der Waals surface area contributed by atoms with E-state index in [1.165, 1.54) is 81.8 Å². The lowest BCUT2D eigenvalue weighted by Crippen LogP contribution is -2.37. The van der Waals surface area contributed by atoms with E-state index in [0.717, 1.165) is 11.3 Å². The maximum atomic E-state index is 2.68. The zero-order valence-electron chi connectivity index (χ0n) is 18.3. The molecule has 2 saturated carbocycles. The van der Waals surface area contributed by atoms with E-state index < -0.39 is 0 Å². The van der Waals surface area contributed by atoms with Crippen molar-refractivity contribution in [3.63, 3.8) is 0 Å². The second-order valence-corrected chi connectivity index (χ2v) is 13.1. The minimum Gasteiger partial charge on any atom is -0.0893 e. The summed E-state index contributed by atoms with van der Waals surface area (Å²) in [6, 6.07) is 11.4. The fourth-order valence-electron chi connectivity index (χ4n) is 6.74. The van der Waals surface area contributed by atoms with E-state index in [9.17, 15) is 0 Å². The normalized spacial score (nSPS) is 27.9. The lowest BCUT2D eigenvalue weighted by molar-refractivity contribution is 0.476. The number of rotatable bonds is 4. The largest absolute Gasteiger partial charge is 0.0893 e. The van der Waals surface area contributed by atoms with Gasteiger partial charge in [-0.1, -0.05) is 95.4 Å². The number of hydrogen-bond acceptors (Lipinski definition) is 0. The Morgan fingerprint density at radius 2 is 1.32 bits per heavy atom. The highest BCUT2D eigenvalue weighted by Crippen LogP contribution is 2.69. The monoisotopic (exact) mass is 394 g/mol. The van der Waals surface area contributed by atoms with Crippen molar-refractivity contribution in [1.82, 2.24) is 0 Å². The van der Waals surface area contributed by atoms with Crippen molar-refractivity contribution in [3.8, 4) is 0 Å². The molecular weight excluding hydrogens is 355 g/mol. The van der Waals surface area contributed by atoms with Crippen LogP contribution in [0.1, 0.15) is 97.0 Å². The molecule has 0 radical (unpaired) electrons. The Kier molecular flexibility index (Phi) is 6.46. The van der Waals surface area contributed by atoms with Gasteiger partial charge in [-0.25, -0.2) is 0 Å². The summed E-state index contributed by atoms with van der Waals surface area (Å²) < 4.78 is 0. The maximum Gasteiger partial charge on any atom is 0.0177 e. The molecule has 0 spiro atoms.